The molecule has 108 valence electrons. The van der Waals surface area contributed by atoms with Crippen molar-refractivity contribution in [1.82, 2.24) is 15.6 Å². The zero-order valence-corrected chi connectivity index (χ0v) is 14.7. The first-order chi connectivity index (χ1) is 8.86. The van der Waals surface area contributed by atoms with Crippen LogP contribution >= 0.6 is 35.7 Å². The van der Waals surface area contributed by atoms with E-state index in [2.05, 4.69) is 33.8 Å². The normalized spacial score (nSPS) is 10.7. The molecule has 0 saturated heterocycles. The number of rotatable bonds is 7. The van der Waals surface area contributed by atoms with Crippen molar-refractivity contribution in [3.05, 3.63) is 30.1 Å². The van der Waals surface area contributed by atoms with E-state index in [1.54, 1.807) is 6.20 Å². The van der Waals surface area contributed by atoms with E-state index in [1.165, 1.54) is 5.75 Å². The molecule has 0 saturated carbocycles. The molecular weight excluding hydrogens is 371 g/mol. The fourth-order valence-electron chi connectivity index (χ4n) is 1.42. The predicted molar refractivity (Wildman–Crippen MR) is 95.5 cm³/mol. The molecule has 0 bridgehead atoms. The van der Waals surface area contributed by atoms with Gasteiger partial charge in [-0.2, -0.15) is 11.8 Å². The second kappa shape index (κ2) is 12.5. The van der Waals surface area contributed by atoms with Crippen LogP contribution in [0.2, 0.25) is 0 Å². The number of nitrogens with zero attached hydrogens (tertiary/aromatic N) is 2. The Morgan fingerprint density at radius 3 is 2.84 bits per heavy atom. The van der Waals surface area contributed by atoms with Crippen LogP contribution < -0.4 is 10.6 Å². The lowest BCUT2D eigenvalue weighted by Crippen LogP contribution is -2.37. The molecule has 0 aliphatic carbocycles. The number of thioether (sulfide) groups is 1. The first-order valence-electron chi connectivity index (χ1n) is 6.28. The molecule has 0 radical (unpaired) electrons. The van der Waals surface area contributed by atoms with Crippen LogP contribution in [0.4, 0.5) is 0 Å². The molecule has 19 heavy (non-hydrogen) atoms. The Morgan fingerprint density at radius 2 is 2.21 bits per heavy atom. The molecular formula is C13H23IN4S. The molecule has 1 aromatic heterocycles. The summed E-state index contributed by atoms with van der Waals surface area (Å²) in [4.78, 5) is 8.76. The zero-order valence-electron chi connectivity index (χ0n) is 11.6. The SMILES string of the molecule is CCNC(=NCc1ccccn1)NCCCSC.I. The molecule has 0 unspecified atom stereocenters. The second-order valence-corrected chi connectivity index (χ2v) is 4.77. The van der Waals surface area contributed by atoms with Gasteiger partial charge >= 0.3 is 0 Å². The Morgan fingerprint density at radius 1 is 1.37 bits per heavy atom. The molecule has 0 amide bonds. The molecule has 6 heteroatoms. The van der Waals surface area contributed by atoms with Crippen molar-refractivity contribution in [1.29, 1.82) is 0 Å². The Balaban J connectivity index is 0.00000324. The summed E-state index contributed by atoms with van der Waals surface area (Å²) in [6.07, 6.45) is 5.07. The minimum absolute atomic E-state index is 0. The van der Waals surface area contributed by atoms with Gasteiger partial charge < -0.3 is 10.6 Å². The van der Waals surface area contributed by atoms with Gasteiger partial charge in [-0.25, -0.2) is 4.99 Å². The van der Waals surface area contributed by atoms with Crippen LogP contribution in [0, 0.1) is 0 Å². The monoisotopic (exact) mass is 394 g/mol. The predicted octanol–water partition coefficient (Wildman–Crippen LogP) is 2.51. The van der Waals surface area contributed by atoms with Gasteiger partial charge in [-0.05, 0) is 37.5 Å². The van der Waals surface area contributed by atoms with Crippen molar-refractivity contribution in [2.75, 3.05) is 25.1 Å². The summed E-state index contributed by atoms with van der Waals surface area (Å²) in [5, 5.41) is 6.56. The summed E-state index contributed by atoms with van der Waals surface area (Å²) in [6.45, 7) is 4.50. The van der Waals surface area contributed by atoms with Gasteiger partial charge in [0.2, 0.25) is 0 Å². The lowest BCUT2D eigenvalue weighted by molar-refractivity contribution is 0.787. The highest BCUT2D eigenvalue weighted by Crippen LogP contribution is 1.96. The maximum atomic E-state index is 4.51. The summed E-state index contributed by atoms with van der Waals surface area (Å²) >= 11 is 1.87. The highest BCUT2D eigenvalue weighted by atomic mass is 127. The van der Waals surface area contributed by atoms with Gasteiger partial charge in [-0.3, -0.25) is 4.98 Å². The molecule has 0 fully saturated rings. The number of pyridine rings is 1. The third-order valence-electron chi connectivity index (χ3n) is 2.29. The van der Waals surface area contributed by atoms with Gasteiger partial charge in [0.1, 0.15) is 0 Å². The van der Waals surface area contributed by atoms with E-state index < -0.39 is 0 Å². The van der Waals surface area contributed by atoms with Crippen molar-refractivity contribution in [3.63, 3.8) is 0 Å². The molecule has 0 spiro atoms. The summed E-state index contributed by atoms with van der Waals surface area (Å²) < 4.78 is 0. The Kier molecular flexibility index (Phi) is 12.2. The topological polar surface area (TPSA) is 49.3 Å². The number of guanidine groups is 1. The van der Waals surface area contributed by atoms with E-state index in [0.29, 0.717) is 6.54 Å². The van der Waals surface area contributed by atoms with E-state index in [1.807, 2.05) is 30.0 Å². The fourth-order valence-corrected chi connectivity index (χ4v) is 1.85. The summed E-state index contributed by atoms with van der Waals surface area (Å²) in [6, 6.07) is 5.89. The van der Waals surface area contributed by atoms with Gasteiger partial charge in [-0.15, -0.1) is 24.0 Å². The summed E-state index contributed by atoms with van der Waals surface area (Å²) in [7, 11) is 0. The maximum Gasteiger partial charge on any atom is 0.191 e. The largest absolute Gasteiger partial charge is 0.357 e. The van der Waals surface area contributed by atoms with Crippen LogP contribution in [0.1, 0.15) is 19.0 Å². The lowest BCUT2D eigenvalue weighted by atomic mass is 10.3. The highest BCUT2D eigenvalue weighted by molar-refractivity contribution is 14.0. The first-order valence-corrected chi connectivity index (χ1v) is 7.67. The van der Waals surface area contributed by atoms with Crippen molar-refractivity contribution in [2.45, 2.75) is 19.9 Å². The van der Waals surface area contributed by atoms with Crippen LogP contribution in [0.3, 0.4) is 0 Å². The van der Waals surface area contributed by atoms with Crippen LogP contribution in [0.5, 0.6) is 0 Å². The fraction of sp³-hybridized carbons (Fsp3) is 0.538. The molecule has 0 aliphatic heterocycles. The average molecular weight is 394 g/mol. The lowest BCUT2D eigenvalue weighted by Gasteiger charge is -2.10. The van der Waals surface area contributed by atoms with Gasteiger partial charge in [0.15, 0.2) is 5.96 Å². The van der Waals surface area contributed by atoms with Gasteiger partial charge in [-0.1, -0.05) is 6.07 Å². The molecule has 0 aliphatic rings. The summed E-state index contributed by atoms with van der Waals surface area (Å²) in [5.74, 6) is 2.04. The number of nitrogens with one attached hydrogen (secondary N) is 2. The number of hydrogen-bond acceptors (Lipinski definition) is 3. The highest BCUT2D eigenvalue weighted by Gasteiger charge is 1.97. The Hall–Kier alpha value is -0.500. The van der Waals surface area contributed by atoms with E-state index in [9.17, 15) is 0 Å². The molecule has 0 atom stereocenters. The smallest absolute Gasteiger partial charge is 0.191 e. The third kappa shape index (κ3) is 9.10. The van der Waals surface area contributed by atoms with Crippen molar-refractivity contribution < 1.29 is 0 Å². The molecule has 2 N–H and O–H groups in total. The molecule has 4 nitrogen and oxygen atoms in total. The van der Waals surface area contributed by atoms with Crippen molar-refractivity contribution in [2.24, 2.45) is 4.99 Å². The number of aromatic nitrogens is 1. The number of halogens is 1. The van der Waals surface area contributed by atoms with Crippen molar-refractivity contribution >= 4 is 41.7 Å². The minimum atomic E-state index is 0. The van der Waals surface area contributed by atoms with E-state index in [-0.39, 0.29) is 24.0 Å². The minimum Gasteiger partial charge on any atom is -0.357 e. The molecule has 1 heterocycles. The van der Waals surface area contributed by atoms with Crippen molar-refractivity contribution in [3.8, 4) is 0 Å². The average Bonchev–Trinajstić information content (AvgIpc) is 2.42. The zero-order chi connectivity index (χ0) is 13.1. The molecule has 1 rings (SSSR count). The van der Waals surface area contributed by atoms with Crippen LogP contribution in [0.15, 0.2) is 29.4 Å². The van der Waals surface area contributed by atoms with Gasteiger partial charge in [0, 0.05) is 19.3 Å². The maximum absolute atomic E-state index is 4.51. The third-order valence-corrected chi connectivity index (χ3v) is 2.98. The van der Waals surface area contributed by atoms with Crippen LogP contribution in [0.25, 0.3) is 0 Å². The van der Waals surface area contributed by atoms with Gasteiger partial charge in [0.25, 0.3) is 0 Å². The van der Waals surface area contributed by atoms with Gasteiger partial charge in [0.05, 0.1) is 12.2 Å². The Bertz CT molecular complexity index is 346. The van der Waals surface area contributed by atoms with E-state index in [0.717, 1.165) is 31.2 Å². The van der Waals surface area contributed by atoms with E-state index >= 15 is 0 Å². The molecule has 1 aromatic rings. The number of hydrogen-bond donors (Lipinski definition) is 2. The molecule has 0 aromatic carbocycles. The summed E-state index contributed by atoms with van der Waals surface area (Å²) in [5.41, 5.74) is 0.985. The van der Waals surface area contributed by atoms with E-state index in [4.69, 9.17) is 0 Å². The van der Waals surface area contributed by atoms with Crippen LogP contribution in [-0.4, -0.2) is 36.0 Å². The van der Waals surface area contributed by atoms with Crippen LogP contribution in [-0.2, 0) is 6.54 Å². The first kappa shape index (κ1) is 18.5. The number of aliphatic imine (C=N–C) groups is 1. The Labute approximate surface area is 137 Å². The standard InChI is InChI=1S/C13H22N4S.HI/c1-3-14-13(16-9-6-10-18-2)17-11-12-7-4-5-8-15-12;/h4-5,7-8H,3,6,9-11H2,1-2H3,(H2,14,16,17);1H. The quantitative estimate of drug-likeness (QED) is 0.323. The second-order valence-electron chi connectivity index (χ2n) is 3.79.